The smallest absolute Gasteiger partial charge is 0.143 e. The molecule has 0 saturated heterocycles. The highest BCUT2D eigenvalue weighted by atomic mass is 79.9. The van der Waals surface area contributed by atoms with Crippen molar-refractivity contribution in [3.63, 3.8) is 0 Å². The van der Waals surface area contributed by atoms with Crippen LogP contribution in [0.5, 0.6) is 0 Å². The number of thiazole rings is 1. The molecule has 6 heteroatoms. The number of nitrogens with one attached hydrogen (secondary N) is 1. The molecule has 4 nitrogen and oxygen atoms in total. The lowest BCUT2D eigenvalue weighted by atomic mass is 10.2. The van der Waals surface area contributed by atoms with Crippen LogP contribution in [0.15, 0.2) is 22.1 Å². The summed E-state index contributed by atoms with van der Waals surface area (Å²) in [5.41, 5.74) is 7.58. The zero-order valence-corrected chi connectivity index (χ0v) is 12.8. The summed E-state index contributed by atoms with van der Waals surface area (Å²) in [5.74, 6) is 0.831. The van der Waals surface area contributed by atoms with Gasteiger partial charge < -0.3 is 11.1 Å². The highest BCUT2D eigenvalue weighted by Gasteiger charge is 2.18. The Kier molecular flexibility index (Phi) is 3.70. The summed E-state index contributed by atoms with van der Waals surface area (Å²) in [5, 5.41) is 6.33. The van der Waals surface area contributed by atoms with Gasteiger partial charge in [-0.15, -0.1) is 11.3 Å². The van der Waals surface area contributed by atoms with Crippen molar-refractivity contribution in [1.82, 2.24) is 9.97 Å². The lowest BCUT2D eigenvalue weighted by molar-refractivity contribution is 0.750. The van der Waals surface area contributed by atoms with Crippen LogP contribution >= 0.6 is 27.3 Å². The average Bonchev–Trinajstić information content (AvgIpc) is 3.07. The fourth-order valence-electron chi connectivity index (χ4n) is 2.37. The molecule has 0 aromatic carbocycles. The number of hydrogen-bond acceptors (Lipinski definition) is 5. The monoisotopic (exact) mass is 338 g/mol. The highest BCUT2D eigenvalue weighted by Crippen LogP contribution is 2.33. The second-order valence-corrected chi connectivity index (χ2v) is 6.41. The number of aromatic nitrogens is 2. The number of nitrogens with zero attached hydrogens (tertiary/aromatic N) is 2. The summed E-state index contributed by atoms with van der Waals surface area (Å²) >= 11 is 5.09. The second-order valence-electron chi connectivity index (χ2n) is 4.72. The quantitative estimate of drug-likeness (QED) is 0.890. The molecule has 19 heavy (non-hydrogen) atoms. The van der Waals surface area contributed by atoms with Gasteiger partial charge in [0.15, 0.2) is 0 Å². The number of nitrogens with two attached hydrogens (primary N) is 1. The normalized spacial score (nSPS) is 15.8. The van der Waals surface area contributed by atoms with Crippen molar-refractivity contribution in [3.05, 3.63) is 22.1 Å². The van der Waals surface area contributed by atoms with E-state index in [4.69, 9.17) is 5.73 Å². The van der Waals surface area contributed by atoms with Crippen LogP contribution in [0, 0.1) is 0 Å². The predicted molar refractivity (Wildman–Crippen MR) is 83.3 cm³/mol. The van der Waals surface area contributed by atoms with Gasteiger partial charge in [-0.2, -0.15) is 0 Å². The highest BCUT2D eigenvalue weighted by molar-refractivity contribution is 9.10. The summed E-state index contributed by atoms with van der Waals surface area (Å²) in [6, 6.07) is 2.37. The van der Waals surface area contributed by atoms with Gasteiger partial charge in [0.2, 0.25) is 0 Å². The molecule has 1 aliphatic carbocycles. The van der Waals surface area contributed by atoms with E-state index in [2.05, 4.69) is 31.2 Å². The summed E-state index contributed by atoms with van der Waals surface area (Å²) in [6.45, 7) is 0. The minimum absolute atomic E-state index is 0.509. The van der Waals surface area contributed by atoms with Crippen molar-refractivity contribution in [2.45, 2.75) is 31.7 Å². The lowest BCUT2D eigenvalue weighted by Gasteiger charge is -2.15. The predicted octanol–water partition coefficient (Wildman–Crippen LogP) is 3.90. The van der Waals surface area contributed by atoms with Gasteiger partial charge in [-0.05, 0) is 34.8 Å². The molecule has 2 aromatic rings. The molecule has 2 heterocycles. The van der Waals surface area contributed by atoms with E-state index in [1.54, 1.807) is 17.5 Å². The van der Waals surface area contributed by atoms with E-state index in [1.807, 2.05) is 11.4 Å². The summed E-state index contributed by atoms with van der Waals surface area (Å²) in [6.07, 6.45) is 6.77. The first-order chi connectivity index (χ1) is 9.24. The Hall–Kier alpha value is -1.14. The van der Waals surface area contributed by atoms with Crippen molar-refractivity contribution in [2.75, 3.05) is 11.1 Å². The minimum atomic E-state index is 0.509. The fraction of sp³-hybridized carbons (Fsp3) is 0.385. The Labute approximate surface area is 124 Å². The molecule has 2 aromatic heterocycles. The van der Waals surface area contributed by atoms with Gasteiger partial charge >= 0.3 is 0 Å². The Morgan fingerprint density at radius 3 is 2.84 bits per heavy atom. The Bertz CT molecular complexity index is 564. The van der Waals surface area contributed by atoms with E-state index in [0.29, 0.717) is 11.7 Å². The Morgan fingerprint density at radius 1 is 1.37 bits per heavy atom. The summed E-state index contributed by atoms with van der Waals surface area (Å²) < 4.78 is 0.847. The van der Waals surface area contributed by atoms with E-state index >= 15 is 0 Å². The van der Waals surface area contributed by atoms with E-state index in [1.165, 1.54) is 25.7 Å². The molecular weight excluding hydrogens is 324 g/mol. The molecule has 0 bridgehead atoms. The average molecular weight is 339 g/mol. The first-order valence-electron chi connectivity index (χ1n) is 6.36. The maximum Gasteiger partial charge on any atom is 0.143 e. The molecule has 0 radical (unpaired) electrons. The molecule has 100 valence electrons. The topological polar surface area (TPSA) is 63.8 Å². The van der Waals surface area contributed by atoms with Crippen molar-refractivity contribution >= 4 is 38.8 Å². The van der Waals surface area contributed by atoms with E-state index in [-0.39, 0.29) is 0 Å². The molecule has 3 N–H and O–H groups in total. The number of halogens is 1. The van der Waals surface area contributed by atoms with E-state index in [9.17, 15) is 0 Å². The third-order valence-electron chi connectivity index (χ3n) is 3.33. The van der Waals surface area contributed by atoms with Gasteiger partial charge in [0.25, 0.3) is 0 Å². The van der Waals surface area contributed by atoms with Crippen LogP contribution in [0.4, 0.5) is 11.5 Å². The molecule has 0 atom stereocenters. The minimum Gasteiger partial charge on any atom is -0.398 e. The van der Waals surface area contributed by atoms with Crippen LogP contribution in [0.25, 0.3) is 10.7 Å². The zero-order valence-electron chi connectivity index (χ0n) is 10.4. The number of pyridine rings is 1. The first kappa shape index (κ1) is 12.9. The third-order valence-corrected chi connectivity index (χ3v) is 4.96. The molecule has 0 spiro atoms. The SMILES string of the molecule is Nc1cc(-c2nccs2)nc(NC2CCCC2)c1Br. The molecule has 3 rings (SSSR count). The fourth-order valence-corrected chi connectivity index (χ4v) is 3.28. The molecule has 1 aliphatic rings. The van der Waals surface area contributed by atoms with Gasteiger partial charge in [-0.25, -0.2) is 9.97 Å². The number of anilines is 2. The van der Waals surface area contributed by atoms with Crippen LogP contribution < -0.4 is 11.1 Å². The van der Waals surface area contributed by atoms with Gasteiger partial charge in [0, 0.05) is 17.6 Å². The van der Waals surface area contributed by atoms with Crippen molar-refractivity contribution in [2.24, 2.45) is 0 Å². The molecule has 1 fully saturated rings. The Balaban J connectivity index is 1.93. The molecule has 0 amide bonds. The van der Waals surface area contributed by atoms with Crippen molar-refractivity contribution in [1.29, 1.82) is 0 Å². The second kappa shape index (κ2) is 5.46. The molecule has 0 unspecified atom stereocenters. The van der Waals surface area contributed by atoms with Crippen molar-refractivity contribution in [3.8, 4) is 10.7 Å². The molecule has 1 saturated carbocycles. The summed E-state index contributed by atoms with van der Waals surface area (Å²) in [4.78, 5) is 8.94. The first-order valence-corrected chi connectivity index (χ1v) is 8.04. The molecular formula is C13H15BrN4S. The van der Waals surface area contributed by atoms with E-state index in [0.717, 1.165) is 21.0 Å². The maximum atomic E-state index is 6.05. The van der Waals surface area contributed by atoms with Gasteiger partial charge in [-0.3, -0.25) is 0 Å². The van der Waals surface area contributed by atoms with Gasteiger partial charge in [0.1, 0.15) is 16.5 Å². The zero-order chi connectivity index (χ0) is 13.2. The number of rotatable bonds is 3. The summed E-state index contributed by atoms with van der Waals surface area (Å²) in [7, 11) is 0. The Morgan fingerprint density at radius 2 is 2.16 bits per heavy atom. The van der Waals surface area contributed by atoms with Crippen LogP contribution in [0.2, 0.25) is 0 Å². The lowest BCUT2D eigenvalue weighted by Crippen LogP contribution is -2.16. The standard InChI is InChI=1S/C13H15BrN4S/c14-11-9(15)7-10(13-16-5-6-19-13)18-12(11)17-8-3-1-2-4-8/h5-8H,1-4H2,(H3,15,17,18). The van der Waals surface area contributed by atoms with Gasteiger partial charge in [0.05, 0.1) is 10.2 Å². The van der Waals surface area contributed by atoms with Crippen LogP contribution in [-0.4, -0.2) is 16.0 Å². The third kappa shape index (κ3) is 2.74. The van der Waals surface area contributed by atoms with E-state index < -0.39 is 0 Å². The van der Waals surface area contributed by atoms with Crippen LogP contribution in [-0.2, 0) is 0 Å². The maximum absolute atomic E-state index is 6.05. The largest absolute Gasteiger partial charge is 0.398 e. The van der Waals surface area contributed by atoms with Gasteiger partial charge in [-0.1, -0.05) is 12.8 Å². The van der Waals surface area contributed by atoms with Crippen molar-refractivity contribution < 1.29 is 0 Å². The number of hydrogen-bond donors (Lipinski definition) is 2. The number of nitrogen functional groups attached to an aromatic ring is 1. The van der Waals surface area contributed by atoms with Crippen LogP contribution in [0.3, 0.4) is 0 Å². The van der Waals surface area contributed by atoms with Crippen LogP contribution in [0.1, 0.15) is 25.7 Å². The molecule has 0 aliphatic heterocycles.